The first-order chi connectivity index (χ1) is 9.56. The molecule has 0 bridgehead atoms. The van der Waals surface area contributed by atoms with Crippen molar-refractivity contribution in [1.82, 2.24) is 0 Å². The highest BCUT2D eigenvalue weighted by molar-refractivity contribution is 5.74. The highest BCUT2D eigenvalue weighted by Gasteiger charge is 2.32. The molecule has 1 aliphatic carbocycles. The zero-order valence-electron chi connectivity index (χ0n) is 11.2. The van der Waals surface area contributed by atoms with Crippen molar-refractivity contribution in [3.05, 3.63) is 23.8 Å². The van der Waals surface area contributed by atoms with E-state index < -0.39 is 17.7 Å². The van der Waals surface area contributed by atoms with E-state index >= 15 is 0 Å². The number of fused-ring (bicyclic) bond motifs is 1. The summed E-state index contributed by atoms with van der Waals surface area (Å²) in [4.78, 5) is 10.9. The van der Waals surface area contributed by atoms with Crippen LogP contribution in [0.3, 0.4) is 0 Å². The number of hydrogen-bond donors (Lipinski definition) is 2. The van der Waals surface area contributed by atoms with Gasteiger partial charge in [-0.15, -0.1) is 0 Å². The van der Waals surface area contributed by atoms with Gasteiger partial charge in [0.1, 0.15) is 18.1 Å². The molecule has 1 saturated carbocycles. The summed E-state index contributed by atoms with van der Waals surface area (Å²) in [5, 5.41) is 19.2. The van der Waals surface area contributed by atoms with Gasteiger partial charge in [0.05, 0.1) is 5.60 Å². The number of carboxylic acid groups (broad SMARTS) is 1. The lowest BCUT2D eigenvalue weighted by atomic mass is 10.0. The van der Waals surface area contributed by atoms with E-state index in [1.54, 1.807) is 12.1 Å². The van der Waals surface area contributed by atoms with Gasteiger partial charge in [-0.2, -0.15) is 0 Å². The molecule has 0 aromatic heterocycles. The Morgan fingerprint density at radius 3 is 2.85 bits per heavy atom. The van der Waals surface area contributed by atoms with E-state index in [-0.39, 0.29) is 6.61 Å². The fraction of sp³-hybridized carbons (Fsp3) is 0.533. The molecule has 1 atom stereocenters. The minimum Gasteiger partial charge on any atom is -0.490 e. The molecule has 108 valence electrons. The lowest BCUT2D eigenvalue weighted by molar-refractivity contribution is -0.144. The summed E-state index contributed by atoms with van der Waals surface area (Å²) >= 11 is 0. The Labute approximate surface area is 117 Å². The number of benzene rings is 1. The maximum atomic E-state index is 10.9. The fourth-order valence-corrected chi connectivity index (χ4v) is 2.83. The molecule has 2 N–H and O–H groups in total. The third kappa shape index (κ3) is 2.58. The molecular formula is C15H18O5. The third-order valence-corrected chi connectivity index (χ3v) is 4.03. The summed E-state index contributed by atoms with van der Waals surface area (Å²) in [5.41, 5.74) is 0.160. The molecule has 1 heterocycles. The molecule has 3 rings (SSSR count). The monoisotopic (exact) mass is 278 g/mol. The highest BCUT2D eigenvalue weighted by atomic mass is 16.5. The Hall–Kier alpha value is -1.75. The predicted molar refractivity (Wildman–Crippen MR) is 71.1 cm³/mol. The average molecular weight is 278 g/mol. The summed E-state index contributed by atoms with van der Waals surface area (Å²) < 4.78 is 11.0. The van der Waals surface area contributed by atoms with Crippen molar-refractivity contribution in [3.63, 3.8) is 0 Å². The van der Waals surface area contributed by atoms with Gasteiger partial charge in [-0.3, -0.25) is 0 Å². The highest BCUT2D eigenvalue weighted by Crippen LogP contribution is 2.34. The SMILES string of the molecule is O=C(O)C1Cc2ccc(OCC3(O)CCCC3)cc2O1. The molecule has 1 unspecified atom stereocenters. The van der Waals surface area contributed by atoms with Crippen LogP contribution in [0.15, 0.2) is 18.2 Å². The summed E-state index contributed by atoms with van der Waals surface area (Å²) in [5.74, 6) is 0.215. The molecule has 20 heavy (non-hydrogen) atoms. The molecule has 0 amide bonds. The van der Waals surface area contributed by atoms with Crippen molar-refractivity contribution in [2.24, 2.45) is 0 Å². The van der Waals surface area contributed by atoms with Gasteiger partial charge in [0.2, 0.25) is 0 Å². The van der Waals surface area contributed by atoms with Gasteiger partial charge in [0, 0.05) is 12.5 Å². The topological polar surface area (TPSA) is 76.0 Å². The lowest BCUT2D eigenvalue weighted by Crippen LogP contribution is -2.32. The zero-order valence-corrected chi connectivity index (χ0v) is 11.2. The van der Waals surface area contributed by atoms with Gasteiger partial charge >= 0.3 is 5.97 Å². The van der Waals surface area contributed by atoms with Crippen molar-refractivity contribution in [2.45, 2.75) is 43.8 Å². The lowest BCUT2D eigenvalue weighted by Gasteiger charge is -2.22. The second kappa shape index (κ2) is 4.98. The fourth-order valence-electron chi connectivity index (χ4n) is 2.83. The van der Waals surface area contributed by atoms with Crippen LogP contribution >= 0.6 is 0 Å². The van der Waals surface area contributed by atoms with Gasteiger partial charge in [0.15, 0.2) is 6.10 Å². The Morgan fingerprint density at radius 1 is 1.40 bits per heavy atom. The molecular weight excluding hydrogens is 260 g/mol. The van der Waals surface area contributed by atoms with Gasteiger partial charge in [-0.25, -0.2) is 4.79 Å². The van der Waals surface area contributed by atoms with Crippen LogP contribution in [0.2, 0.25) is 0 Å². The van der Waals surface area contributed by atoms with E-state index in [2.05, 4.69) is 0 Å². The number of hydrogen-bond acceptors (Lipinski definition) is 4. The number of ether oxygens (including phenoxy) is 2. The quantitative estimate of drug-likeness (QED) is 0.877. The van der Waals surface area contributed by atoms with Crippen LogP contribution < -0.4 is 9.47 Å². The summed E-state index contributed by atoms with van der Waals surface area (Å²) in [6, 6.07) is 5.33. The molecule has 1 fully saturated rings. The van der Waals surface area contributed by atoms with Crippen LogP contribution in [-0.4, -0.2) is 34.5 Å². The smallest absolute Gasteiger partial charge is 0.345 e. The Bertz CT molecular complexity index is 519. The van der Waals surface area contributed by atoms with Gasteiger partial charge in [0.25, 0.3) is 0 Å². The number of rotatable bonds is 4. The van der Waals surface area contributed by atoms with E-state index in [1.807, 2.05) is 6.07 Å². The normalized spacial score (nSPS) is 23.1. The molecule has 1 aromatic rings. The van der Waals surface area contributed by atoms with E-state index in [4.69, 9.17) is 14.6 Å². The van der Waals surface area contributed by atoms with E-state index in [9.17, 15) is 9.90 Å². The Kier molecular flexibility index (Phi) is 3.30. The van der Waals surface area contributed by atoms with Crippen LogP contribution in [0.25, 0.3) is 0 Å². The summed E-state index contributed by atoms with van der Waals surface area (Å²) in [7, 11) is 0. The van der Waals surface area contributed by atoms with Gasteiger partial charge < -0.3 is 19.7 Å². The predicted octanol–water partition coefficient (Wildman–Crippen LogP) is 1.76. The van der Waals surface area contributed by atoms with Crippen LogP contribution in [0.1, 0.15) is 31.2 Å². The number of carboxylic acids is 1. The molecule has 5 nitrogen and oxygen atoms in total. The molecule has 0 saturated heterocycles. The maximum Gasteiger partial charge on any atom is 0.345 e. The van der Waals surface area contributed by atoms with E-state index in [0.29, 0.717) is 17.9 Å². The van der Waals surface area contributed by atoms with Crippen molar-refractivity contribution >= 4 is 5.97 Å². The number of aliphatic hydroxyl groups is 1. The summed E-state index contributed by atoms with van der Waals surface area (Å²) in [6.07, 6.45) is 3.19. The van der Waals surface area contributed by atoms with Gasteiger partial charge in [-0.1, -0.05) is 18.9 Å². The van der Waals surface area contributed by atoms with Crippen LogP contribution in [0.4, 0.5) is 0 Å². The van der Waals surface area contributed by atoms with Crippen LogP contribution in [0.5, 0.6) is 11.5 Å². The molecule has 1 aliphatic heterocycles. The first-order valence-electron chi connectivity index (χ1n) is 6.93. The minimum absolute atomic E-state index is 0.272. The largest absolute Gasteiger partial charge is 0.490 e. The first kappa shape index (κ1) is 13.2. The molecule has 1 aromatic carbocycles. The van der Waals surface area contributed by atoms with Crippen molar-refractivity contribution in [3.8, 4) is 11.5 Å². The second-order valence-electron chi connectivity index (χ2n) is 5.64. The number of aliphatic carboxylic acids is 1. The second-order valence-corrected chi connectivity index (χ2v) is 5.64. The van der Waals surface area contributed by atoms with Gasteiger partial charge in [-0.05, 0) is 24.5 Å². The van der Waals surface area contributed by atoms with E-state index in [1.165, 1.54) is 0 Å². The molecule has 5 heteroatoms. The van der Waals surface area contributed by atoms with Crippen LogP contribution in [-0.2, 0) is 11.2 Å². The van der Waals surface area contributed by atoms with Crippen molar-refractivity contribution in [1.29, 1.82) is 0 Å². The molecule has 0 radical (unpaired) electrons. The van der Waals surface area contributed by atoms with Crippen molar-refractivity contribution < 1.29 is 24.5 Å². The standard InChI is InChI=1S/C15H18O5/c16-14(17)13-7-10-3-4-11(8-12(10)20-13)19-9-15(18)5-1-2-6-15/h3-4,8,13,18H,1-2,5-7,9H2,(H,16,17). The molecule has 0 spiro atoms. The molecule has 2 aliphatic rings. The Balaban J connectivity index is 1.65. The van der Waals surface area contributed by atoms with Crippen molar-refractivity contribution in [2.75, 3.05) is 6.61 Å². The van der Waals surface area contributed by atoms with Crippen LogP contribution in [0, 0.1) is 0 Å². The summed E-state index contributed by atoms with van der Waals surface area (Å²) in [6.45, 7) is 0.272. The number of carbonyl (C=O) groups is 1. The van der Waals surface area contributed by atoms with E-state index in [0.717, 1.165) is 31.2 Å². The first-order valence-corrected chi connectivity index (χ1v) is 6.93. The average Bonchev–Trinajstić information content (AvgIpc) is 3.02. The maximum absolute atomic E-state index is 10.9. The zero-order chi connectivity index (χ0) is 14.2. The minimum atomic E-state index is -0.955. The third-order valence-electron chi connectivity index (χ3n) is 4.03. The Morgan fingerprint density at radius 2 is 2.15 bits per heavy atom.